The molecule has 0 aliphatic rings. The molecular weight excluding hydrogens is 230 g/mol. The van der Waals surface area contributed by atoms with Crippen molar-refractivity contribution in [2.45, 2.75) is 6.92 Å². The molecule has 2 heterocycles. The highest BCUT2D eigenvalue weighted by Crippen LogP contribution is 2.39. The number of rotatable bonds is 2. The van der Waals surface area contributed by atoms with Crippen molar-refractivity contribution < 1.29 is 9.90 Å². The van der Waals surface area contributed by atoms with Gasteiger partial charge in [-0.1, -0.05) is 6.07 Å². The van der Waals surface area contributed by atoms with Crippen molar-refractivity contribution >= 4 is 34.3 Å². The van der Waals surface area contributed by atoms with Gasteiger partial charge in [-0.05, 0) is 23.9 Å². The molecule has 0 aliphatic heterocycles. The predicted octanol–water partition coefficient (Wildman–Crippen LogP) is 3.07. The van der Waals surface area contributed by atoms with Gasteiger partial charge in [-0.25, -0.2) is 4.79 Å². The number of hydrogen-bond donors (Lipinski definition) is 2. The van der Waals surface area contributed by atoms with E-state index in [1.54, 1.807) is 11.3 Å². The average molecular weight is 239 g/mol. The summed E-state index contributed by atoms with van der Waals surface area (Å²) in [5, 5.41) is 10.9. The smallest absolute Gasteiger partial charge is 0.348 e. The Kier molecular flexibility index (Phi) is 2.50. The molecule has 78 valence electrons. The van der Waals surface area contributed by atoms with E-state index in [2.05, 4.69) is 0 Å². The molecule has 0 aromatic carbocycles. The van der Waals surface area contributed by atoms with Gasteiger partial charge in [-0.2, -0.15) is 0 Å². The topological polar surface area (TPSA) is 63.3 Å². The van der Waals surface area contributed by atoms with E-state index < -0.39 is 5.97 Å². The molecule has 0 atom stereocenters. The maximum Gasteiger partial charge on any atom is 0.348 e. The highest BCUT2D eigenvalue weighted by molar-refractivity contribution is 7.22. The standard InChI is InChI=1S/C10H9NO2S2/c1-5-7(11)9(10(12)13)15-8(5)6-3-2-4-14-6/h2-4H,11H2,1H3,(H,12,13). The number of nitrogens with two attached hydrogens (primary N) is 1. The molecule has 15 heavy (non-hydrogen) atoms. The quantitative estimate of drug-likeness (QED) is 0.846. The Morgan fingerprint density at radius 1 is 1.53 bits per heavy atom. The van der Waals surface area contributed by atoms with Crippen molar-refractivity contribution in [1.82, 2.24) is 0 Å². The third kappa shape index (κ3) is 1.64. The SMILES string of the molecule is Cc1c(-c2cccs2)sc(C(=O)O)c1N. The maximum atomic E-state index is 10.9. The Labute approximate surface area is 94.8 Å². The van der Waals surface area contributed by atoms with E-state index in [1.165, 1.54) is 11.3 Å². The first-order valence-corrected chi connectivity index (χ1v) is 5.97. The van der Waals surface area contributed by atoms with Gasteiger partial charge >= 0.3 is 5.97 Å². The number of aromatic carboxylic acids is 1. The van der Waals surface area contributed by atoms with Crippen LogP contribution in [0.2, 0.25) is 0 Å². The van der Waals surface area contributed by atoms with E-state index in [9.17, 15) is 4.79 Å². The van der Waals surface area contributed by atoms with Crippen molar-refractivity contribution in [2.75, 3.05) is 5.73 Å². The monoisotopic (exact) mass is 239 g/mol. The highest BCUT2D eigenvalue weighted by Gasteiger charge is 2.18. The van der Waals surface area contributed by atoms with Crippen LogP contribution >= 0.6 is 22.7 Å². The van der Waals surface area contributed by atoms with E-state index >= 15 is 0 Å². The number of carboxylic acids is 1. The summed E-state index contributed by atoms with van der Waals surface area (Å²) in [6, 6.07) is 3.91. The molecule has 0 spiro atoms. The van der Waals surface area contributed by atoms with Gasteiger partial charge in [0, 0.05) is 4.88 Å². The summed E-state index contributed by atoms with van der Waals surface area (Å²) < 4.78 is 0. The van der Waals surface area contributed by atoms with Crippen LogP contribution < -0.4 is 5.73 Å². The Morgan fingerprint density at radius 2 is 2.27 bits per heavy atom. The van der Waals surface area contributed by atoms with E-state index in [0.29, 0.717) is 5.69 Å². The van der Waals surface area contributed by atoms with E-state index in [0.717, 1.165) is 15.3 Å². The van der Waals surface area contributed by atoms with Crippen LogP contribution in [0.25, 0.3) is 9.75 Å². The van der Waals surface area contributed by atoms with Crippen molar-refractivity contribution in [2.24, 2.45) is 0 Å². The lowest BCUT2D eigenvalue weighted by molar-refractivity contribution is 0.0703. The van der Waals surface area contributed by atoms with Crippen LogP contribution in [0.1, 0.15) is 15.2 Å². The maximum absolute atomic E-state index is 10.9. The Bertz CT molecular complexity index is 500. The van der Waals surface area contributed by atoms with Crippen LogP contribution in [-0.2, 0) is 0 Å². The van der Waals surface area contributed by atoms with Crippen molar-refractivity contribution in [3.05, 3.63) is 28.0 Å². The molecule has 0 aliphatic carbocycles. The molecule has 2 aromatic heterocycles. The second-order valence-electron chi connectivity index (χ2n) is 3.08. The highest BCUT2D eigenvalue weighted by atomic mass is 32.1. The molecule has 3 N–H and O–H groups in total. The van der Waals surface area contributed by atoms with Crippen molar-refractivity contribution in [1.29, 1.82) is 0 Å². The molecule has 0 fully saturated rings. The molecule has 3 nitrogen and oxygen atoms in total. The van der Waals surface area contributed by atoms with Gasteiger partial charge in [0.2, 0.25) is 0 Å². The van der Waals surface area contributed by atoms with Gasteiger partial charge in [0.25, 0.3) is 0 Å². The van der Waals surface area contributed by atoms with Gasteiger partial charge < -0.3 is 10.8 Å². The average Bonchev–Trinajstić information content (AvgIpc) is 2.77. The molecule has 0 bridgehead atoms. The van der Waals surface area contributed by atoms with Crippen molar-refractivity contribution in [3.63, 3.8) is 0 Å². The van der Waals surface area contributed by atoms with Gasteiger partial charge in [0.15, 0.2) is 0 Å². The summed E-state index contributed by atoms with van der Waals surface area (Å²) in [4.78, 5) is 13.1. The fourth-order valence-electron chi connectivity index (χ4n) is 1.33. The number of carbonyl (C=O) groups is 1. The molecule has 5 heteroatoms. The zero-order valence-electron chi connectivity index (χ0n) is 7.98. The minimum atomic E-state index is -0.955. The zero-order valence-corrected chi connectivity index (χ0v) is 9.61. The van der Waals surface area contributed by atoms with Gasteiger partial charge in [-0.3, -0.25) is 0 Å². The van der Waals surface area contributed by atoms with Crippen LogP contribution in [0.15, 0.2) is 17.5 Å². The summed E-state index contributed by atoms with van der Waals surface area (Å²) in [6.07, 6.45) is 0. The summed E-state index contributed by atoms with van der Waals surface area (Å²) in [5.41, 5.74) is 6.99. The third-order valence-electron chi connectivity index (χ3n) is 2.13. The lowest BCUT2D eigenvalue weighted by atomic mass is 10.2. The minimum Gasteiger partial charge on any atom is -0.477 e. The van der Waals surface area contributed by atoms with Gasteiger partial charge in [-0.15, -0.1) is 22.7 Å². The lowest BCUT2D eigenvalue weighted by Gasteiger charge is -1.94. The first-order valence-electron chi connectivity index (χ1n) is 4.27. The lowest BCUT2D eigenvalue weighted by Crippen LogP contribution is -1.97. The van der Waals surface area contributed by atoms with Crippen LogP contribution in [0.4, 0.5) is 5.69 Å². The molecule has 0 saturated carbocycles. The molecule has 0 radical (unpaired) electrons. The number of thiophene rings is 2. The van der Waals surface area contributed by atoms with E-state index in [4.69, 9.17) is 10.8 Å². The van der Waals surface area contributed by atoms with Crippen molar-refractivity contribution in [3.8, 4) is 9.75 Å². The molecule has 0 unspecified atom stereocenters. The number of hydrogen-bond acceptors (Lipinski definition) is 4. The van der Waals surface area contributed by atoms with Gasteiger partial charge in [0.1, 0.15) is 4.88 Å². The first kappa shape index (κ1) is 10.2. The number of nitrogen functional groups attached to an aromatic ring is 1. The molecule has 0 amide bonds. The fraction of sp³-hybridized carbons (Fsp3) is 0.100. The van der Waals surface area contributed by atoms with Crippen LogP contribution in [0, 0.1) is 6.92 Å². The van der Waals surface area contributed by atoms with E-state index in [1.807, 2.05) is 24.4 Å². The molecule has 2 aromatic rings. The Balaban J connectivity index is 2.60. The Hall–Kier alpha value is -1.33. The molecule has 0 saturated heterocycles. The second-order valence-corrected chi connectivity index (χ2v) is 5.05. The van der Waals surface area contributed by atoms with Gasteiger partial charge in [0.05, 0.1) is 10.6 Å². The fourth-order valence-corrected chi connectivity index (χ4v) is 3.30. The summed E-state index contributed by atoms with van der Waals surface area (Å²) in [6.45, 7) is 1.85. The van der Waals surface area contributed by atoms with E-state index in [-0.39, 0.29) is 4.88 Å². The Morgan fingerprint density at radius 3 is 2.73 bits per heavy atom. The summed E-state index contributed by atoms with van der Waals surface area (Å²) >= 11 is 2.82. The van der Waals surface area contributed by atoms with Crippen LogP contribution in [0.3, 0.4) is 0 Å². The molecular formula is C10H9NO2S2. The van der Waals surface area contributed by atoms with Crippen LogP contribution in [-0.4, -0.2) is 11.1 Å². The predicted molar refractivity (Wildman–Crippen MR) is 63.7 cm³/mol. The molecule has 2 rings (SSSR count). The minimum absolute atomic E-state index is 0.232. The third-order valence-corrected chi connectivity index (χ3v) is 4.48. The van der Waals surface area contributed by atoms with Crippen LogP contribution in [0.5, 0.6) is 0 Å². The number of carboxylic acid groups (broad SMARTS) is 1. The normalized spacial score (nSPS) is 10.5. The first-order chi connectivity index (χ1) is 7.11. The number of anilines is 1. The zero-order chi connectivity index (χ0) is 11.0. The second kappa shape index (κ2) is 3.67. The largest absolute Gasteiger partial charge is 0.477 e. The summed E-state index contributed by atoms with van der Waals surface area (Å²) in [7, 11) is 0. The summed E-state index contributed by atoms with van der Waals surface area (Å²) in [5.74, 6) is -0.955.